The van der Waals surface area contributed by atoms with E-state index in [-0.39, 0.29) is 0 Å². The molecule has 1 aromatic rings. The predicted octanol–water partition coefficient (Wildman–Crippen LogP) is 0.419. The number of hydrogen-bond donors (Lipinski definition) is 1. The van der Waals surface area contributed by atoms with Crippen molar-refractivity contribution < 1.29 is 14.2 Å². The van der Waals surface area contributed by atoms with Crippen molar-refractivity contribution >= 4 is 19.4 Å². The van der Waals surface area contributed by atoms with Crippen molar-refractivity contribution in [1.29, 1.82) is 0 Å². The Kier molecular flexibility index (Phi) is 5.46. The molecule has 0 aliphatic rings. The van der Waals surface area contributed by atoms with Gasteiger partial charge in [0.05, 0.1) is 0 Å². The molecular weight excluding hydrogens is 273 g/mol. The summed E-state index contributed by atoms with van der Waals surface area (Å²) in [7, 11) is 4.85. The number of hydrogen-bond acceptors (Lipinski definition) is 4. The summed E-state index contributed by atoms with van der Waals surface area (Å²) in [6.07, 6.45) is 0. The van der Waals surface area contributed by atoms with Gasteiger partial charge in [0.1, 0.15) is 0 Å². The second kappa shape index (κ2) is 6.63. The molecule has 1 rings (SSSR count). The van der Waals surface area contributed by atoms with Gasteiger partial charge in [0.25, 0.3) is 0 Å². The normalized spacial score (nSPS) is 10.0. The number of methoxy groups -OCH3 is 3. The van der Waals surface area contributed by atoms with Crippen molar-refractivity contribution in [2.45, 2.75) is 5.32 Å². The molecule has 0 aliphatic carbocycles. The van der Waals surface area contributed by atoms with Crippen LogP contribution in [0.3, 0.4) is 0 Å². The topological polar surface area (TPSA) is 53.7 Å². The molecule has 0 fully saturated rings. The maximum absolute atomic E-state index is 5.50. The van der Waals surface area contributed by atoms with Gasteiger partial charge in [0.15, 0.2) is 0 Å². The fourth-order valence-corrected chi connectivity index (χ4v) is 2.86. The second-order valence-corrected chi connectivity index (χ2v) is 5.45. The number of ether oxygens (including phenoxy) is 3. The monoisotopic (exact) mass is 291 g/mol. The molecule has 1 aromatic carbocycles. The zero-order chi connectivity index (χ0) is 12.0. The maximum atomic E-state index is 5.50. The third-order valence-corrected chi connectivity index (χ3v) is 4.14. The molecular formula is C11H17NO3Se. The molecule has 0 saturated carbocycles. The van der Waals surface area contributed by atoms with Gasteiger partial charge in [0.2, 0.25) is 0 Å². The van der Waals surface area contributed by atoms with Gasteiger partial charge in [0, 0.05) is 0 Å². The van der Waals surface area contributed by atoms with Gasteiger partial charge >= 0.3 is 102 Å². The van der Waals surface area contributed by atoms with Gasteiger partial charge < -0.3 is 0 Å². The van der Waals surface area contributed by atoms with E-state index in [1.807, 2.05) is 12.1 Å². The standard InChI is InChI=1S/C11H17NO3Se/c1-13-9-6-8(16-5-4-12)7-10(14-2)11(9)15-3/h6-7H,4-5,12H2,1-3H3. The van der Waals surface area contributed by atoms with Gasteiger partial charge in [-0.1, -0.05) is 0 Å². The van der Waals surface area contributed by atoms with Gasteiger partial charge in [-0.15, -0.1) is 0 Å². The molecule has 0 amide bonds. The van der Waals surface area contributed by atoms with Crippen LogP contribution in [0.1, 0.15) is 0 Å². The average molecular weight is 290 g/mol. The number of nitrogens with two attached hydrogens (primary N) is 1. The van der Waals surface area contributed by atoms with Crippen LogP contribution in [0, 0.1) is 0 Å². The van der Waals surface area contributed by atoms with Crippen LogP contribution in [0.5, 0.6) is 17.2 Å². The first-order valence-corrected chi connectivity index (χ1v) is 6.96. The van der Waals surface area contributed by atoms with E-state index in [1.54, 1.807) is 21.3 Å². The summed E-state index contributed by atoms with van der Waals surface area (Å²) in [6, 6.07) is 3.97. The van der Waals surface area contributed by atoms with Gasteiger partial charge in [-0.2, -0.15) is 0 Å². The van der Waals surface area contributed by atoms with Crippen LogP contribution >= 0.6 is 0 Å². The molecule has 0 radical (unpaired) electrons. The van der Waals surface area contributed by atoms with Crippen molar-refractivity contribution in [2.75, 3.05) is 27.9 Å². The minimum absolute atomic E-state index is 0.349. The summed E-state index contributed by atoms with van der Waals surface area (Å²) < 4.78 is 17.0. The summed E-state index contributed by atoms with van der Waals surface area (Å²) in [5.74, 6) is 2.05. The Bertz CT molecular complexity index is 319. The fourth-order valence-electron chi connectivity index (χ4n) is 1.32. The first-order valence-electron chi connectivity index (χ1n) is 4.89. The molecule has 0 atom stereocenters. The summed E-state index contributed by atoms with van der Waals surface area (Å²) in [5, 5.41) is 1.01. The molecule has 0 saturated heterocycles. The summed E-state index contributed by atoms with van der Waals surface area (Å²) in [5.41, 5.74) is 5.50. The molecule has 90 valence electrons. The van der Waals surface area contributed by atoms with E-state index >= 15 is 0 Å². The Hall–Kier alpha value is -0.901. The van der Waals surface area contributed by atoms with E-state index in [9.17, 15) is 0 Å². The zero-order valence-electron chi connectivity index (χ0n) is 9.78. The van der Waals surface area contributed by atoms with Crippen LogP contribution in [-0.4, -0.2) is 42.8 Å². The van der Waals surface area contributed by atoms with Crippen LogP contribution < -0.4 is 24.4 Å². The van der Waals surface area contributed by atoms with Crippen molar-refractivity contribution in [3.05, 3.63) is 12.1 Å². The average Bonchev–Trinajstić information content (AvgIpc) is 2.34. The molecule has 2 N–H and O–H groups in total. The third-order valence-electron chi connectivity index (χ3n) is 2.02. The summed E-state index contributed by atoms with van der Waals surface area (Å²) in [4.78, 5) is 0. The molecule has 0 bridgehead atoms. The van der Waals surface area contributed by atoms with Crippen molar-refractivity contribution in [3.8, 4) is 17.2 Å². The number of benzene rings is 1. The molecule has 0 aromatic heterocycles. The van der Waals surface area contributed by atoms with Crippen LogP contribution in [0.25, 0.3) is 0 Å². The molecule has 0 spiro atoms. The van der Waals surface area contributed by atoms with Crippen LogP contribution in [0.15, 0.2) is 12.1 Å². The van der Waals surface area contributed by atoms with Crippen LogP contribution in [0.2, 0.25) is 5.32 Å². The second-order valence-electron chi connectivity index (χ2n) is 3.00. The minimum atomic E-state index is 0.349. The van der Waals surface area contributed by atoms with Crippen molar-refractivity contribution in [1.82, 2.24) is 0 Å². The Morgan fingerprint density at radius 2 is 1.62 bits per heavy atom. The van der Waals surface area contributed by atoms with E-state index < -0.39 is 0 Å². The molecule has 5 heteroatoms. The van der Waals surface area contributed by atoms with Gasteiger partial charge in [-0.05, 0) is 0 Å². The zero-order valence-corrected chi connectivity index (χ0v) is 11.5. The first kappa shape index (κ1) is 13.2. The molecule has 4 nitrogen and oxygen atoms in total. The van der Waals surface area contributed by atoms with E-state index in [0.717, 1.165) is 5.32 Å². The Morgan fingerprint density at radius 3 is 2.00 bits per heavy atom. The molecule has 16 heavy (non-hydrogen) atoms. The van der Waals surface area contributed by atoms with E-state index in [2.05, 4.69) is 0 Å². The van der Waals surface area contributed by atoms with Gasteiger partial charge in [-0.25, -0.2) is 0 Å². The SMILES string of the molecule is COc1cc([Se]CCN)cc(OC)c1OC. The van der Waals surface area contributed by atoms with E-state index in [4.69, 9.17) is 19.9 Å². The first-order chi connectivity index (χ1) is 7.76. The Labute approximate surface area is 102 Å². The predicted molar refractivity (Wildman–Crippen MR) is 65.3 cm³/mol. The summed E-state index contributed by atoms with van der Waals surface area (Å²) >= 11 is 0.349. The molecule has 0 heterocycles. The fraction of sp³-hybridized carbons (Fsp3) is 0.455. The number of rotatable bonds is 6. The third kappa shape index (κ3) is 3.04. The quantitative estimate of drug-likeness (QED) is 0.772. The van der Waals surface area contributed by atoms with Crippen molar-refractivity contribution in [3.63, 3.8) is 0 Å². The van der Waals surface area contributed by atoms with Crippen molar-refractivity contribution in [2.24, 2.45) is 5.73 Å². The van der Waals surface area contributed by atoms with E-state index in [0.29, 0.717) is 38.8 Å². The van der Waals surface area contributed by atoms with Crippen LogP contribution in [-0.2, 0) is 0 Å². The Balaban J connectivity index is 3.05. The Morgan fingerprint density at radius 1 is 1.06 bits per heavy atom. The van der Waals surface area contributed by atoms with E-state index in [1.165, 1.54) is 4.46 Å². The summed E-state index contributed by atoms with van der Waals surface area (Å²) in [6.45, 7) is 0.705. The van der Waals surface area contributed by atoms with Crippen LogP contribution in [0.4, 0.5) is 0 Å². The molecule has 0 unspecified atom stereocenters. The van der Waals surface area contributed by atoms with Gasteiger partial charge in [-0.3, -0.25) is 0 Å². The molecule has 0 aliphatic heterocycles.